The van der Waals surface area contributed by atoms with Crippen molar-refractivity contribution in [2.24, 2.45) is 5.92 Å². The van der Waals surface area contributed by atoms with Gasteiger partial charge in [-0.2, -0.15) is 4.80 Å². The Morgan fingerprint density at radius 1 is 1.21 bits per heavy atom. The van der Waals surface area contributed by atoms with Gasteiger partial charge in [-0.3, -0.25) is 4.79 Å². The number of aromatic nitrogens is 4. The molecule has 1 aromatic carbocycles. The van der Waals surface area contributed by atoms with Crippen LogP contribution in [0.2, 0.25) is 5.02 Å². The van der Waals surface area contributed by atoms with Gasteiger partial charge in [-0.25, -0.2) is 0 Å². The summed E-state index contributed by atoms with van der Waals surface area (Å²) in [4.78, 5) is 16.4. The van der Waals surface area contributed by atoms with E-state index in [1.807, 2.05) is 24.0 Å². The number of carbonyl (C=O) groups is 1. The highest BCUT2D eigenvalue weighted by Crippen LogP contribution is 2.27. The first-order valence-electron chi connectivity index (χ1n) is 9.73. The van der Waals surface area contributed by atoms with E-state index in [-0.39, 0.29) is 12.2 Å². The molecule has 2 aromatic rings. The number of hydrogen-bond acceptors (Lipinski definition) is 6. The molecule has 8 nitrogen and oxygen atoms in total. The molecular weight excluding hydrogens is 382 g/mol. The van der Waals surface area contributed by atoms with Gasteiger partial charge in [-0.1, -0.05) is 18.5 Å². The van der Waals surface area contributed by atoms with Crippen molar-refractivity contribution in [1.29, 1.82) is 0 Å². The molecule has 0 aliphatic carbocycles. The maximum absolute atomic E-state index is 13.1. The summed E-state index contributed by atoms with van der Waals surface area (Å²) < 4.78 is 11.2. The van der Waals surface area contributed by atoms with Gasteiger partial charge in [0.1, 0.15) is 0 Å². The molecule has 2 saturated heterocycles. The number of ether oxygens (including phenoxy) is 2. The molecule has 150 valence electrons. The standard InChI is InChI=1S/C19H24ClN5O3/c1-2-16(25-22-17(21-23-25)13-3-5-15(20)6-4-13)18(26)24-9-7-14(8-10-24)19-27-11-12-28-19/h3-6,14,16,19H,2,7-12H2,1H3. The van der Waals surface area contributed by atoms with Gasteiger partial charge >= 0.3 is 0 Å². The average Bonchev–Trinajstić information content (AvgIpc) is 3.42. The molecule has 0 spiro atoms. The number of rotatable bonds is 5. The Labute approximate surface area is 168 Å². The summed E-state index contributed by atoms with van der Waals surface area (Å²) >= 11 is 5.93. The monoisotopic (exact) mass is 405 g/mol. The molecule has 2 aliphatic heterocycles. The predicted molar refractivity (Wildman–Crippen MR) is 103 cm³/mol. The van der Waals surface area contributed by atoms with Gasteiger partial charge in [0.25, 0.3) is 0 Å². The lowest BCUT2D eigenvalue weighted by Crippen LogP contribution is -2.44. The van der Waals surface area contributed by atoms with Gasteiger partial charge in [0.05, 0.1) is 13.2 Å². The third-order valence-corrected chi connectivity index (χ3v) is 5.62. The summed E-state index contributed by atoms with van der Waals surface area (Å²) in [6.45, 7) is 4.68. The van der Waals surface area contributed by atoms with Crippen molar-refractivity contribution < 1.29 is 14.3 Å². The lowest BCUT2D eigenvalue weighted by atomic mass is 9.95. The number of carbonyl (C=O) groups excluding carboxylic acids is 1. The molecule has 9 heteroatoms. The van der Waals surface area contributed by atoms with Crippen LogP contribution in [-0.4, -0.2) is 63.6 Å². The Kier molecular flexibility index (Phi) is 5.89. The normalized spacial score (nSPS) is 19.9. The molecule has 1 aromatic heterocycles. The van der Waals surface area contributed by atoms with Crippen LogP contribution in [0.4, 0.5) is 0 Å². The van der Waals surface area contributed by atoms with E-state index in [1.165, 1.54) is 4.80 Å². The second kappa shape index (κ2) is 8.55. The highest BCUT2D eigenvalue weighted by molar-refractivity contribution is 6.30. The lowest BCUT2D eigenvalue weighted by molar-refractivity contribution is -0.141. The largest absolute Gasteiger partial charge is 0.350 e. The molecule has 3 heterocycles. The molecule has 0 bridgehead atoms. The molecule has 4 rings (SSSR count). The highest BCUT2D eigenvalue weighted by atomic mass is 35.5. The molecular formula is C19H24ClN5O3. The zero-order valence-electron chi connectivity index (χ0n) is 15.8. The second-order valence-electron chi connectivity index (χ2n) is 7.14. The molecule has 0 saturated carbocycles. The Balaban J connectivity index is 1.41. The minimum atomic E-state index is -0.455. The molecule has 0 radical (unpaired) electrons. The number of amides is 1. The van der Waals surface area contributed by atoms with E-state index < -0.39 is 6.04 Å². The van der Waals surface area contributed by atoms with Crippen LogP contribution in [0.5, 0.6) is 0 Å². The Bertz CT molecular complexity index is 798. The topological polar surface area (TPSA) is 82.4 Å². The van der Waals surface area contributed by atoms with Crippen LogP contribution < -0.4 is 0 Å². The average molecular weight is 406 g/mol. The third kappa shape index (κ3) is 4.04. The molecule has 1 atom stereocenters. The van der Waals surface area contributed by atoms with Gasteiger partial charge in [0, 0.05) is 29.6 Å². The van der Waals surface area contributed by atoms with Crippen molar-refractivity contribution in [2.45, 2.75) is 38.5 Å². The number of tetrazole rings is 1. The van der Waals surface area contributed by atoms with E-state index >= 15 is 0 Å². The number of piperidine rings is 1. The minimum Gasteiger partial charge on any atom is -0.350 e. The van der Waals surface area contributed by atoms with Gasteiger partial charge in [-0.05, 0) is 48.7 Å². The predicted octanol–water partition coefficient (Wildman–Crippen LogP) is 2.56. The Morgan fingerprint density at radius 2 is 1.89 bits per heavy atom. The van der Waals surface area contributed by atoms with Crippen molar-refractivity contribution in [1.82, 2.24) is 25.1 Å². The fourth-order valence-electron chi connectivity index (χ4n) is 3.76. The van der Waals surface area contributed by atoms with Crippen LogP contribution >= 0.6 is 11.6 Å². The summed E-state index contributed by atoms with van der Waals surface area (Å²) in [5.41, 5.74) is 0.815. The molecule has 2 aliphatic rings. The van der Waals surface area contributed by atoms with Gasteiger partial charge in [-0.15, -0.1) is 10.2 Å². The second-order valence-corrected chi connectivity index (χ2v) is 7.57. The van der Waals surface area contributed by atoms with Gasteiger partial charge < -0.3 is 14.4 Å². The van der Waals surface area contributed by atoms with Crippen LogP contribution in [0, 0.1) is 5.92 Å². The van der Waals surface area contributed by atoms with E-state index in [4.69, 9.17) is 21.1 Å². The fraction of sp³-hybridized carbons (Fsp3) is 0.579. The smallest absolute Gasteiger partial charge is 0.249 e. The first-order chi connectivity index (χ1) is 13.7. The number of likely N-dealkylation sites (tertiary alicyclic amines) is 1. The first-order valence-corrected chi connectivity index (χ1v) is 10.1. The van der Waals surface area contributed by atoms with Crippen LogP contribution in [0.3, 0.4) is 0 Å². The number of halogens is 1. The fourth-order valence-corrected chi connectivity index (χ4v) is 3.89. The summed E-state index contributed by atoms with van der Waals surface area (Å²) in [7, 11) is 0. The first kappa shape index (κ1) is 19.3. The summed E-state index contributed by atoms with van der Waals surface area (Å²) in [6, 6.07) is 6.78. The van der Waals surface area contributed by atoms with Crippen molar-refractivity contribution in [2.75, 3.05) is 26.3 Å². The van der Waals surface area contributed by atoms with Gasteiger partial charge in [0.15, 0.2) is 12.3 Å². The third-order valence-electron chi connectivity index (χ3n) is 5.36. The maximum Gasteiger partial charge on any atom is 0.249 e. The molecule has 1 amide bonds. The maximum atomic E-state index is 13.1. The molecule has 0 N–H and O–H groups in total. The van der Waals surface area contributed by atoms with Crippen LogP contribution in [-0.2, 0) is 14.3 Å². The van der Waals surface area contributed by atoms with Crippen LogP contribution in [0.25, 0.3) is 11.4 Å². The Hall–Kier alpha value is -2.03. The van der Waals surface area contributed by atoms with Crippen LogP contribution in [0.1, 0.15) is 32.2 Å². The Morgan fingerprint density at radius 3 is 2.54 bits per heavy atom. The van der Waals surface area contributed by atoms with E-state index in [2.05, 4.69) is 15.4 Å². The minimum absolute atomic E-state index is 0.0364. The number of benzene rings is 1. The van der Waals surface area contributed by atoms with Gasteiger partial charge in [0.2, 0.25) is 11.7 Å². The summed E-state index contributed by atoms with van der Waals surface area (Å²) in [5.74, 6) is 0.874. The molecule has 28 heavy (non-hydrogen) atoms. The highest BCUT2D eigenvalue weighted by Gasteiger charge is 2.34. The van der Waals surface area contributed by atoms with E-state index in [0.29, 0.717) is 49.5 Å². The molecule has 1 unspecified atom stereocenters. The molecule has 2 fully saturated rings. The van der Waals surface area contributed by atoms with E-state index in [0.717, 1.165) is 18.4 Å². The van der Waals surface area contributed by atoms with E-state index in [1.54, 1.807) is 12.1 Å². The zero-order chi connectivity index (χ0) is 19.5. The van der Waals surface area contributed by atoms with Crippen molar-refractivity contribution in [3.8, 4) is 11.4 Å². The van der Waals surface area contributed by atoms with Crippen LogP contribution in [0.15, 0.2) is 24.3 Å². The summed E-state index contributed by atoms with van der Waals surface area (Å²) in [5, 5.41) is 13.3. The van der Waals surface area contributed by atoms with E-state index in [9.17, 15) is 4.79 Å². The lowest BCUT2D eigenvalue weighted by Gasteiger charge is -2.35. The number of hydrogen-bond donors (Lipinski definition) is 0. The number of nitrogens with zero attached hydrogens (tertiary/aromatic N) is 5. The van der Waals surface area contributed by atoms with Crippen molar-refractivity contribution >= 4 is 17.5 Å². The quantitative estimate of drug-likeness (QED) is 0.760. The van der Waals surface area contributed by atoms with Crippen molar-refractivity contribution in [3.63, 3.8) is 0 Å². The van der Waals surface area contributed by atoms with Crippen molar-refractivity contribution in [3.05, 3.63) is 29.3 Å². The summed E-state index contributed by atoms with van der Waals surface area (Å²) in [6.07, 6.45) is 2.25. The SMILES string of the molecule is CCC(C(=O)N1CCC(C2OCCO2)CC1)n1nnc(-c2ccc(Cl)cc2)n1. The zero-order valence-corrected chi connectivity index (χ0v) is 16.6.